The molecule has 0 unspecified atom stereocenters. The van der Waals surface area contributed by atoms with Crippen molar-refractivity contribution in [1.29, 1.82) is 0 Å². The maximum absolute atomic E-state index is 13.1. The number of carbonyl (C=O) groups excluding carboxylic acids is 2. The van der Waals surface area contributed by atoms with Gasteiger partial charge in [-0.2, -0.15) is 17.6 Å². The second-order valence-electron chi connectivity index (χ2n) is 6.82. The first-order valence-electron chi connectivity index (χ1n) is 10.9. The molecular formula is C23H22F10O8. The number of carbonyl (C=O) groups is 2. The lowest BCUT2D eigenvalue weighted by Gasteiger charge is -2.08. The van der Waals surface area contributed by atoms with Crippen molar-refractivity contribution in [3.8, 4) is 11.5 Å². The van der Waals surface area contributed by atoms with Gasteiger partial charge in [0.15, 0.2) is 5.75 Å². The number of hydrogen-bond donors (Lipinski definition) is 1. The number of esters is 1. The Morgan fingerprint density at radius 2 is 1.10 bits per heavy atom. The van der Waals surface area contributed by atoms with Gasteiger partial charge in [-0.05, 0) is 6.92 Å². The van der Waals surface area contributed by atoms with Gasteiger partial charge >= 0.3 is 5.97 Å². The molecule has 0 aliphatic heterocycles. The van der Waals surface area contributed by atoms with E-state index < -0.39 is 75.6 Å². The molecule has 18 heteroatoms. The van der Waals surface area contributed by atoms with E-state index in [0.717, 1.165) is 13.4 Å². The normalized spacial score (nSPS) is 10.3. The molecule has 41 heavy (non-hydrogen) atoms. The molecule has 8 nitrogen and oxygen atoms in total. The number of methoxy groups -OCH3 is 1. The highest BCUT2D eigenvalue weighted by Crippen LogP contribution is 2.30. The molecule has 0 aromatic heterocycles. The number of halogens is 10. The van der Waals surface area contributed by atoms with Crippen molar-refractivity contribution < 1.29 is 82.6 Å². The van der Waals surface area contributed by atoms with E-state index in [2.05, 4.69) is 14.4 Å². The van der Waals surface area contributed by atoms with Crippen LogP contribution in [0.2, 0.25) is 0 Å². The van der Waals surface area contributed by atoms with Crippen LogP contribution in [0.4, 0.5) is 43.9 Å². The molecule has 0 heterocycles. The third-order valence-corrected chi connectivity index (χ3v) is 4.11. The minimum Gasteiger partial charge on any atom is -0.491 e. The average Bonchev–Trinajstić information content (AvgIpc) is 2.96. The fourth-order valence-corrected chi connectivity index (χ4v) is 2.23. The van der Waals surface area contributed by atoms with E-state index in [1.807, 2.05) is 0 Å². The van der Waals surface area contributed by atoms with Crippen LogP contribution in [0.1, 0.15) is 19.8 Å². The Morgan fingerprint density at radius 3 is 1.49 bits per heavy atom. The first-order valence-corrected chi connectivity index (χ1v) is 10.9. The molecular weight excluding hydrogens is 594 g/mol. The predicted octanol–water partition coefficient (Wildman–Crippen LogP) is 5.19. The van der Waals surface area contributed by atoms with Crippen LogP contribution in [0.25, 0.3) is 0 Å². The zero-order valence-electron chi connectivity index (χ0n) is 21.1. The fourth-order valence-electron chi connectivity index (χ4n) is 2.23. The summed E-state index contributed by atoms with van der Waals surface area (Å²) in [5.41, 5.74) is 0. The highest BCUT2D eigenvalue weighted by Gasteiger charge is 2.28. The molecule has 2 rings (SSSR count). The summed E-state index contributed by atoms with van der Waals surface area (Å²) in [5.74, 6) is -25.3. The van der Waals surface area contributed by atoms with Crippen LogP contribution in [0, 0.1) is 58.2 Å². The minimum absolute atomic E-state index is 0.0925. The van der Waals surface area contributed by atoms with Crippen LogP contribution >= 0.6 is 0 Å². The number of rotatable bonds is 12. The van der Waals surface area contributed by atoms with Gasteiger partial charge in [-0.1, -0.05) is 0 Å². The van der Waals surface area contributed by atoms with Crippen molar-refractivity contribution >= 4 is 12.3 Å². The number of benzene rings is 2. The molecule has 0 aliphatic rings. The SMILES string of the molecule is CCOCCC(=O)Oc1c(F)c(F)c(F)c(F)c1F.COc1c(F)c(F)c(F)c(F)c1F.O=CCCOCCOO. The summed E-state index contributed by atoms with van der Waals surface area (Å²) < 4.78 is 144. The predicted molar refractivity (Wildman–Crippen MR) is 116 cm³/mol. The van der Waals surface area contributed by atoms with Crippen LogP contribution in [0.5, 0.6) is 11.5 Å². The molecule has 2 aromatic carbocycles. The van der Waals surface area contributed by atoms with Gasteiger partial charge in [-0.25, -0.2) is 31.2 Å². The van der Waals surface area contributed by atoms with Crippen molar-refractivity contribution in [2.75, 3.05) is 40.1 Å². The Balaban J connectivity index is 0.000000631. The second kappa shape index (κ2) is 19.6. The summed E-state index contributed by atoms with van der Waals surface area (Å²) in [5, 5.41) is 7.77. The Kier molecular flexibility index (Phi) is 17.9. The lowest BCUT2D eigenvalue weighted by molar-refractivity contribution is -0.249. The van der Waals surface area contributed by atoms with Crippen molar-refractivity contribution in [3.63, 3.8) is 0 Å². The summed E-state index contributed by atoms with van der Waals surface area (Å²) in [6.45, 7) is 2.73. The van der Waals surface area contributed by atoms with Gasteiger partial charge in [0.25, 0.3) is 0 Å². The molecule has 0 saturated carbocycles. The second-order valence-corrected chi connectivity index (χ2v) is 6.82. The Labute approximate surface area is 225 Å². The van der Waals surface area contributed by atoms with Gasteiger partial charge in [0.1, 0.15) is 12.9 Å². The average molecular weight is 616 g/mol. The Morgan fingerprint density at radius 1 is 0.659 bits per heavy atom. The molecule has 0 atom stereocenters. The van der Waals surface area contributed by atoms with E-state index in [0.29, 0.717) is 26.2 Å². The van der Waals surface area contributed by atoms with E-state index >= 15 is 0 Å². The molecule has 0 amide bonds. The van der Waals surface area contributed by atoms with Gasteiger partial charge < -0.3 is 23.7 Å². The summed E-state index contributed by atoms with van der Waals surface area (Å²) in [6, 6.07) is 0. The third kappa shape index (κ3) is 11.5. The lowest BCUT2D eigenvalue weighted by Crippen LogP contribution is -2.15. The van der Waals surface area contributed by atoms with E-state index in [1.165, 1.54) is 0 Å². The van der Waals surface area contributed by atoms with Gasteiger partial charge in [-0.3, -0.25) is 10.1 Å². The van der Waals surface area contributed by atoms with E-state index in [4.69, 9.17) is 14.7 Å². The minimum atomic E-state index is -2.32. The van der Waals surface area contributed by atoms with Crippen LogP contribution in [-0.2, 0) is 24.0 Å². The van der Waals surface area contributed by atoms with Crippen molar-refractivity contribution in [1.82, 2.24) is 0 Å². The molecule has 0 fully saturated rings. The largest absolute Gasteiger partial charge is 0.491 e. The Bertz CT molecular complexity index is 1090. The number of ether oxygens (including phenoxy) is 4. The van der Waals surface area contributed by atoms with E-state index in [1.54, 1.807) is 6.92 Å². The quantitative estimate of drug-likeness (QED) is 0.0401. The summed E-state index contributed by atoms with van der Waals surface area (Å²) in [6.07, 6.45) is 0.790. The van der Waals surface area contributed by atoms with Crippen LogP contribution in [0.15, 0.2) is 0 Å². The first kappa shape index (κ1) is 37.5. The van der Waals surface area contributed by atoms with Gasteiger partial charge in [0.2, 0.25) is 63.9 Å². The summed E-state index contributed by atoms with van der Waals surface area (Å²) in [7, 11) is 0.804. The van der Waals surface area contributed by atoms with E-state index in [-0.39, 0.29) is 19.6 Å². The zero-order chi connectivity index (χ0) is 31.7. The highest BCUT2D eigenvalue weighted by molar-refractivity contribution is 5.72. The van der Waals surface area contributed by atoms with Crippen LogP contribution in [0.3, 0.4) is 0 Å². The smallest absolute Gasteiger partial charge is 0.313 e. The van der Waals surface area contributed by atoms with Gasteiger partial charge in [0, 0.05) is 13.0 Å². The maximum atomic E-state index is 13.1. The third-order valence-electron chi connectivity index (χ3n) is 4.11. The van der Waals surface area contributed by atoms with Crippen molar-refractivity contribution in [3.05, 3.63) is 58.2 Å². The molecule has 0 aliphatic carbocycles. The van der Waals surface area contributed by atoms with Crippen LogP contribution < -0.4 is 9.47 Å². The summed E-state index contributed by atoms with van der Waals surface area (Å²) >= 11 is 0. The molecule has 2 aromatic rings. The summed E-state index contributed by atoms with van der Waals surface area (Å²) in [4.78, 5) is 24.5. The lowest BCUT2D eigenvalue weighted by atomic mass is 10.2. The maximum Gasteiger partial charge on any atom is 0.313 e. The zero-order valence-corrected chi connectivity index (χ0v) is 21.1. The molecule has 0 bridgehead atoms. The molecule has 0 saturated heterocycles. The monoisotopic (exact) mass is 616 g/mol. The molecule has 0 radical (unpaired) electrons. The van der Waals surface area contributed by atoms with Crippen molar-refractivity contribution in [2.24, 2.45) is 0 Å². The molecule has 0 spiro atoms. The van der Waals surface area contributed by atoms with Gasteiger partial charge in [0.05, 0.1) is 33.4 Å². The highest BCUT2D eigenvalue weighted by atomic mass is 19.2. The van der Waals surface area contributed by atoms with Gasteiger partial charge in [-0.15, -0.1) is 0 Å². The first-order chi connectivity index (χ1) is 19.3. The number of hydrogen-bond acceptors (Lipinski definition) is 8. The Hall–Kier alpha value is -3.48. The molecule has 1 N–H and O–H groups in total. The van der Waals surface area contributed by atoms with E-state index in [9.17, 15) is 53.5 Å². The number of aldehydes is 1. The molecule has 232 valence electrons. The van der Waals surface area contributed by atoms with Crippen LogP contribution in [-0.4, -0.2) is 57.7 Å². The van der Waals surface area contributed by atoms with Crippen molar-refractivity contribution in [2.45, 2.75) is 19.8 Å². The standard InChI is InChI=1S/C11H9F5O3.C7H3F5O.C5H10O4/c1-2-18-4-3-5(17)19-11-9(15)7(13)6(12)8(14)10(11)16;1-13-7-5(11)3(9)2(8)4(10)6(7)12;6-2-1-3-8-4-5-9-7/h2-4H2,1H3;1H3;2,7H,1,3-5H2. The topological polar surface area (TPSA) is 101 Å². The fraction of sp³-hybridized carbons (Fsp3) is 0.391.